The molecule has 41 heavy (non-hydrogen) atoms. The van der Waals surface area contributed by atoms with E-state index >= 15 is 0 Å². The van der Waals surface area contributed by atoms with Crippen LogP contribution in [0.3, 0.4) is 0 Å². The highest BCUT2D eigenvalue weighted by Gasteiger charge is 2.22. The molecule has 0 fully saturated rings. The van der Waals surface area contributed by atoms with Crippen LogP contribution in [0.25, 0.3) is 0 Å². The number of carbonyl (C=O) groups excluding carboxylic acids is 2. The van der Waals surface area contributed by atoms with Gasteiger partial charge in [0.25, 0.3) is 0 Å². The molecule has 0 aliphatic carbocycles. The van der Waals surface area contributed by atoms with Crippen molar-refractivity contribution in [2.75, 3.05) is 40.4 Å². The van der Waals surface area contributed by atoms with Gasteiger partial charge in [-0.3, -0.25) is 9.59 Å². The Morgan fingerprint density at radius 2 is 0.902 bits per heavy atom. The Kier molecular flexibility index (Phi) is 28.2. The number of carbonyl (C=O) groups is 2. The number of nitrogens with zero attached hydrogens (tertiary/aromatic N) is 1. The number of aliphatic hydroxyl groups excluding tert-OH is 1. The number of aliphatic hydroxyl groups is 1. The van der Waals surface area contributed by atoms with Crippen molar-refractivity contribution in [1.82, 2.24) is 0 Å². The van der Waals surface area contributed by atoms with E-state index in [9.17, 15) is 14.7 Å². The van der Waals surface area contributed by atoms with E-state index in [1.807, 2.05) is 14.1 Å². The van der Waals surface area contributed by atoms with Gasteiger partial charge >= 0.3 is 11.9 Å². The van der Waals surface area contributed by atoms with E-state index in [4.69, 9.17) is 9.47 Å². The van der Waals surface area contributed by atoms with Gasteiger partial charge in [0.1, 0.15) is 32.4 Å². The highest BCUT2D eigenvalue weighted by atomic mass is 16.5. The Hall–Kier alpha value is -1.14. The molecule has 0 aromatic heterocycles. The van der Waals surface area contributed by atoms with Crippen molar-refractivity contribution in [3.8, 4) is 0 Å². The molecular formula is C35H70NO5+. The number of rotatable bonds is 31. The van der Waals surface area contributed by atoms with Gasteiger partial charge < -0.3 is 19.1 Å². The first-order chi connectivity index (χ1) is 19.8. The van der Waals surface area contributed by atoms with Crippen LogP contribution in [0.2, 0.25) is 0 Å². The van der Waals surface area contributed by atoms with E-state index in [2.05, 4.69) is 13.8 Å². The fraction of sp³-hybridized carbons (Fsp3) is 0.943. The molecule has 0 rings (SSSR count). The number of esters is 2. The van der Waals surface area contributed by atoms with E-state index in [1.54, 1.807) is 0 Å². The molecule has 244 valence electrons. The molecule has 0 aliphatic rings. The molecule has 0 bridgehead atoms. The van der Waals surface area contributed by atoms with Crippen LogP contribution in [0, 0.1) is 0 Å². The van der Waals surface area contributed by atoms with Crippen LogP contribution in [-0.2, 0) is 19.1 Å². The Labute approximate surface area is 254 Å². The van der Waals surface area contributed by atoms with E-state index < -0.39 is 6.10 Å². The van der Waals surface area contributed by atoms with Gasteiger partial charge in [0.05, 0.1) is 14.1 Å². The Bertz CT molecular complexity index is 595. The fourth-order valence-electron chi connectivity index (χ4n) is 5.32. The molecule has 0 aromatic rings. The molecule has 1 unspecified atom stereocenters. The topological polar surface area (TPSA) is 72.8 Å². The quantitative estimate of drug-likeness (QED) is 0.0500. The van der Waals surface area contributed by atoms with Crippen LogP contribution < -0.4 is 0 Å². The molecule has 0 saturated heterocycles. The van der Waals surface area contributed by atoms with Crippen LogP contribution in [0.4, 0.5) is 0 Å². The second-order valence-corrected chi connectivity index (χ2v) is 13.0. The normalized spacial score (nSPS) is 12.4. The molecule has 1 N–H and O–H groups in total. The van der Waals surface area contributed by atoms with E-state index in [-0.39, 0.29) is 18.5 Å². The SMILES string of the molecule is CCCCCCCCCCCCCC(=O)OCC[N+](C)(C)CC(O)COC(=O)CCCCCCCCCCCCC. The van der Waals surface area contributed by atoms with Gasteiger partial charge in [0.2, 0.25) is 0 Å². The molecule has 0 heterocycles. The summed E-state index contributed by atoms with van der Waals surface area (Å²) < 4.78 is 11.2. The minimum Gasteiger partial charge on any atom is -0.463 e. The second-order valence-electron chi connectivity index (χ2n) is 13.0. The van der Waals surface area contributed by atoms with Gasteiger partial charge in [-0.05, 0) is 12.8 Å². The third-order valence-corrected chi connectivity index (χ3v) is 8.07. The minimum atomic E-state index is -0.724. The van der Waals surface area contributed by atoms with Crippen LogP contribution in [0.15, 0.2) is 0 Å². The summed E-state index contributed by atoms with van der Waals surface area (Å²) in [6.45, 7) is 5.94. The zero-order valence-corrected chi connectivity index (χ0v) is 27.9. The summed E-state index contributed by atoms with van der Waals surface area (Å²) in [6.07, 6.45) is 27.9. The average molecular weight is 585 g/mol. The third kappa shape index (κ3) is 30.1. The predicted molar refractivity (Wildman–Crippen MR) is 172 cm³/mol. The highest BCUT2D eigenvalue weighted by Crippen LogP contribution is 2.13. The number of hydrogen-bond donors (Lipinski definition) is 1. The summed E-state index contributed by atoms with van der Waals surface area (Å²) in [4.78, 5) is 24.1. The van der Waals surface area contributed by atoms with Gasteiger partial charge in [0, 0.05) is 12.8 Å². The van der Waals surface area contributed by atoms with E-state index in [0.29, 0.717) is 37.0 Å². The van der Waals surface area contributed by atoms with Crippen LogP contribution in [0.1, 0.15) is 168 Å². The zero-order chi connectivity index (χ0) is 30.4. The fourth-order valence-corrected chi connectivity index (χ4v) is 5.32. The first kappa shape index (κ1) is 39.9. The van der Waals surface area contributed by atoms with Crippen LogP contribution in [-0.4, -0.2) is 68.0 Å². The maximum atomic E-state index is 12.1. The molecular weight excluding hydrogens is 514 g/mol. The Morgan fingerprint density at radius 1 is 0.561 bits per heavy atom. The van der Waals surface area contributed by atoms with Gasteiger partial charge in [-0.2, -0.15) is 0 Å². The van der Waals surface area contributed by atoms with E-state index in [0.717, 1.165) is 25.7 Å². The molecule has 6 heteroatoms. The second kappa shape index (κ2) is 29.0. The van der Waals surface area contributed by atoms with Crippen molar-refractivity contribution in [1.29, 1.82) is 0 Å². The maximum absolute atomic E-state index is 12.1. The lowest BCUT2D eigenvalue weighted by Crippen LogP contribution is -2.48. The summed E-state index contributed by atoms with van der Waals surface area (Å²) in [5.74, 6) is -0.348. The number of hydrogen-bond acceptors (Lipinski definition) is 5. The predicted octanol–water partition coefficient (Wildman–Crippen LogP) is 8.91. The molecule has 0 amide bonds. The van der Waals surface area contributed by atoms with Gasteiger partial charge in [-0.1, -0.05) is 142 Å². The number of ether oxygens (including phenoxy) is 2. The zero-order valence-electron chi connectivity index (χ0n) is 27.9. The molecule has 6 nitrogen and oxygen atoms in total. The standard InChI is InChI=1S/C35H70NO5/c1-5-7-9-11-13-15-17-19-21-23-25-27-34(38)40-30-29-36(3,4)31-33(37)32-41-35(39)28-26-24-22-20-18-16-14-12-10-8-6-2/h33,37H,5-32H2,1-4H3/q+1. The highest BCUT2D eigenvalue weighted by molar-refractivity contribution is 5.69. The van der Waals surface area contributed by atoms with Crippen molar-refractivity contribution in [2.24, 2.45) is 0 Å². The number of unbranched alkanes of at least 4 members (excludes halogenated alkanes) is 20. The lowest BCUT2D eigenvalue weighted by molar-refractivity contribution is -0.893. The first-order valence-corrected chi connectivity index (χ1v) is 17.6. The lowest BCUT2D eigenvalue weighted by Gasteiger charge is -2.31. The maximum Gasteiger partial charge on any atom is 0.305 e. The molecule has 0 aliphatic heterocycles. The molecule has 0 saturated carbocycles. The van der Waals surface area contributed by atoms with Crippen molar-refractivity contribution in [3.05, 3.63) is 0 Å². The minimum absolute atomic E-state index is 0.0250. The van der Waals surface area contributed by atoms with Crippen molar-refractivity contribution in [3.63, 3.8) is 0 Å². The van der Waals surface area contributed by atoms with Crippen molar-refractivity contribution < 1.29 is 28.7 Å². The van der Waals surface area contributed by atoms with Crippen molar-refractivity contribution in [2.45, 2.75) is 174 Å². The van der Waals surface area contributed by atoms with Gasteiger partial charge in [-0.15, -0.1) is 0 Å². The van der Waals surface area contributed by atoms with Crippen LogP contribution >= 0.6 is 0 Å². The number of likely N-dealkylation sites (N-methyl/N-ethyl adjacent to an activating group) is 1. The summed E-state index contributed by atoms with van der Waals surface area (Å²) >= 11 is 0. The summed E-state index contributed by atoms with van der Waals surface area (Å²) in [5.41, 5.74) is 0. The molecule has 0 spiro atoms. The molecule has 1 atom stereocenters. The largest absolute Gasteiger partial charge is 0.463 e. The molecule has 0 radical (unpaired) electrons. The summed E-state index contributed by atoms with van der Waals surface area (Å²) in [5, 5.41) is 10.4. The van der Waals surface area contributed by atoms with Crippen molar-refractivity contribution >= 4 is 11.9 Å². The Morgan fingerprint density at radius 3 is 1.29 bits per heavy atom. The Balaban J connectivity index is 3.66. The average Bonchev–Trinajstić information content (AvgIpc) is 2.93. The van der Waals surface area contributed by atoms with Gasteiger partial charge in [0.15, 0.2) is 0 Å². The number of quaternary nitrogens is 1. The third-order valence-electron chi connectivity index (χ3n) is 8.07. The summed E-state index contributed by atoms with van der Waals surface area (Å²) in [7, 11) is 3.99. The first-order valence-electron chi connectivity index (χ1n) is 17.6. The molecule has 0 aromatic carbocycles. The van der Waals surface area contributed by atoms with E-state index in [1.165, 1.54) is 116 Å². The van der Waals surface area contributed by atoms with Crippen LogP contribution in [0.5, 0.6) is 0 Å². The summed E-state index contributed by atoms with van der Waals surface area (Å²) in [6, 6.07) is 0. The van der Waals surface area contributed by atoms with Gasteiger partial charge in [-0.25, -0.2) is 0 Å². The monoisotopic (exact) mass is 585 g/mol. The smallest absolute Gasteiger partial charge is 0.305 e. The lowest BCUT2D eigenvalue weighted by atomic mass is 10.1.